The molecule has 0 unspecified atom stereocenters. The van der Waals surface area contributed by atoms with Crippen LogP contribution in [0.3, 0.4) is 0 Å². The molecule has 0 aliphatic rings. The number of nitrogens with zero attached hydrogens (tertiary/aromatic N) is 1. The van der Waals surface area contributed by atoms with Crippen LogP contribution in [0.15, 0.2) is 24.4 Å². The van der Waals surface area contributed by atoms with E-state index in [1.165, 1.54) is 0 Å². The van der Waals surface area contributed by atoms with Gasteiger partial charge in [0, 0.05) is 6.20 Å². The summed E-state index contributed by atoms with van der Waals surface area (Å²) in [6.45, 7) is 4.03. The van der Waals surface area contributed by atoms with Crippen molar-refractivity contribution in [2.45, 2.75) is 32.9 Å². The van der Waals surface area contributed by atoms with Gasteiger partial charge in [-0.15, -0.1) is 0 Å². The highest BCUT2D eigenvalue weighted by Gasteiger charge is 2.25. The van der Waals surface area contributed by atoms with Crippen LogP contribution in [0.5, 0.6) is 0 Å². The second-order valence-corrected chi connectivity index (χ2v) is 4.35. The normalized spacial score (nSPS) is 13.4. The average molecular weight is 265 g/mol. The van der Waals surface area contributed by atoms with Gasteiger partial charge >= 0.3 is 6.09 Å². The molecule has 1 heterocycles. The maximum Gasteiger partial charge on any atom is 0.405 e. The van der Waals surface area contributed by atoms with E-state index >= 15 is 0 Å². The molecule has 0 aliphatic carbocycles. The molecule has 1 rings (SSSR count). The summed E-state index contributed by atoms with van der Waals surface area (Å²) < 4.78 is 0. The number of nitrogens with one attached hydrogen (secondary N) is 2. The van der Waals surface area contributed by atoms with Crippen molar-refractivity contribution in [1.82, 2.24) is 15.6 Å². The molecule has 0 aromatic carbocycles. The van der Waals surface area contributed by atoms with E-state index in [0.29, 0.717) is 6.42 Å². The first kappa shape index (κ1) is 14.9. The Morgan fingerprint density at radius 3 is 2.68 bits per heavy atom. The first-order valence-corrected chi connectivity index (χ1v) is 6.21. The molecule has 19 heavy (non-hydrogen) atoms. The minimum atomic E-state index is -1.20. The molecule has 0 spiro atoms. The van der Waals surface area contributed by atoms with Gasteiger partial charge in [0.2, 0.25) is 5.91 Å². The third kappa shape index (κ3) is 4.95. The van der Waals surface area contributed by atoms with Gasteiger partial charge in [0.15, 0.2) is 0 Å². The maximum atomic E-state index is 12.0. The molecule has 2 atom stereocenters. The first-order chi connectivity index (χ1) is 9.04. The molecule has 2 amide bonds. The lowest BCUT2D eigenvalue weighted by Crippen LogP contribution is -2.49. The van der Waals surface area contributed by atoms with Gasteiger partial charge < -0.3 is 15.7 Å². The molecular weight excluding hydrogens is 246 g/mol. The Labute approximate surface area is 112 Å². The smallest absolute Gasteiger partial charge is 0.405 e. The van der Waals surface area contributed by atoms with Crippen LogP contribution in [-0.4, -0.2) is 28.1 Å². The Balaban J connectivity index is 2.59. The zero-order valence-electron chi connectivity index (χ0n) is 11.1. The number of hydrogen-bond acceptors (Lipinski definition) is 3. The van der Waals surface area contributed by atoms with E-state index in [4.69, 9.17) is 5.11 Å². The van der Waals surface area contributed by atoms with Gasteiger partial charge in [-0.3, -0.25) is 9.78 Å². The van der Waals surface area contributed by atoms with Gasteiger partial charge in [-0.1, -0.05) is 26.3 Å². The van der Waals surface area contributed by atoms with E-state index < -0.39 is 12.1 Å². The van der Waals surface area contributed by atoms with E-state index in [0.717, 1.165) is 5.69 Å². The molecule has 0 radical (unpaired) electrons. The van der Waals surface area contributed by atoms with Crippen LogP contribution in [-0.2, 0) is 11.3 Å². The number of amides is 2. The maximum absolute atomic E-state index is 12.0. The number of aromatic nitrogens is 1. The lowest BCUT2D eigenvalue weighted by atomic mass is 9.98. The van der Waals surface area contributed by atoms with Gasteiger partial charge in [-0.2, -0.15) is 0 Å². The quantitative estimate of drug-likeness (QED) is 0.724. The molecule has 0 bridgehead atoms. The van der Waals surface area contributed by atoms with E-state index in [-0.39, 0.29) is 18.4 Å². The van der Waals surface area contributed by atoms with Gasteiger partial charge in [0.1, 0.15) is 6.04 Å². The van der Waals surface area contributed by atoms with Crippen molar-refractivity contribution in [3.8, 4) is 0 Å². The summed E-state index contributed by atoms with van der Waals surface area (Å²) >= 11 is 0. The molecule has 1 aromatic heterocycles. The predicted octanol–water partition coefficient (Wildman–Crippen LogP) is 1.38. The molecule has 6 nitrogen and oxygen atoms in total. The monoisotopic (exact) mass is 265 g/mol. The van der Waals surface area contributed by atoms with Gasteiger partial charge in [0.05, 0.1) is 12.2 Å². The molecular formula is C13H19N3O3. The Morgan fingerprint density at radius 1 is 1.42 bits per heavy atom. The Bertz CT molecular complexity index is 422. The number of carboxylic acid groups (broad SMARTS) is 1. The molecule has 0 saturated heterocycles. The van der Waals surface area contributed by atoms with Crippen molar-refractivity contribution < 1.29 is 14.7 Å². The van der Waals surface area contributed by atoms with Crippen molar-refractivity contribution in [3.05, 3.63) is 30.1 Å². The Kier molecular flexibility index (Phi) is 5.78. The summed E-state index contributed by atoms with van der Waals surface area (Å²) in [6.07, 6.45) is 1.16. The Morgan fingerprint density at radius 2 is 2.16 bits per heavy atom. The van der Waals surface area contributed by atoms with Crippen LogP contribution >= 0.6 is 0 Å². The van der Waals surface area contributed by atoms with Crippen LogP contribution in [0.2, 0.25) is 0 Å². The summed E-state index contributed by atoms with van der Waals surface area (Å²) in [5, 5.41) is 13.7. The van der Waals surface area contributed by atoms with Crippen LogP contribution in [0.1, 0.15) is 26.0 Å². The van der Waals surface area contributed by atoms with E-state index in [1.807, 2.05) is 19.9 Å². The number of rotatable bonds is 6. The second-order valence-electron chi connectivity index (χ2n) is 4.35. The summed E-state index contributed by atoms with van der Waals surface area (Å²) in [5.41, 5.74) is 0.731. The van der Waals surface area contributed by atoms with Crippen molar-refractivity contribution in [2.75, 3.05) is 0 Å². The number of carbonyl (C=O) groups is 2. The van der Waals surface area contributed by atoms with E-state index in [1.54, 1.807) is 18.3 Å². The molecule has 0 fully saturated rings. The van der Waals surface area contributed by atoms with Gasteiger partial charge in [0.25, 0.3) is 0 Å². The topological polar surface area (TPSA) is 91.3 Å². The van der Waals surface area contributed by atoms with Crippen molar-refractivity contribution in [1.29, 1.82) is 0 Å². The molecule has 1 aromatic rings. The molecule has 3 N–H and O–H groups in total. The third-order valence-corrected chi connectivity index (χ3v) is 2.94. The first-order valence-electron chi connectivity index (χ1n) is 6.21. The molecule has 0 aliphatic heterocycles. The van der Waals surface area contributed by atoms with E-state index in [2.05, 4.69) is 15.6 Å². The minimum absolute atomic E-state index is 0.0696. The zero-order valence-corrected chi connectivity index (χ0v) is 11.1. The summed E-state index contributed by atoms with van der Waals surface area (Å²) in [7, 11) is 0. The van der Waals surface area contributed by atoms with Gasteiger partial charge in [-0.25, -0.2) is 4.79 Å². The third-order valence-electron chi connectivity index (χ3n) is 2.94. The number of pyridine rings is 1. The average Bonchev–Trinajstić information content (AvgIpc) is 2.42. The SMILES string of the molecule is CC[C@H](C)[C@@H](NC(=O)O)C(=O)NCc1ccccn1. The molecule has 0 saturated carbocycles. The fourth-order valence-corrected chi connectivity index (χ4v) is 1.63. The van der Waals surface area contributed by atoms with Crippen molar-refractivity contribution in [3.63, 3.8) is 0 Å². The zero-order chi connectivity index (χ0) is 14.3. The Hall–Kier alpha value is -2.11. The van der Waals surface area contributed by atoms with Crippen molar-refractivity contribution >= 4 is 12.0 Å². The fourth-order valence-electron chi connectivity index (χ4n) is 1.63. The van der Waals surface area contributed by atoms with Crippen LogP contribution in [0, 0.1) is 5.92 Å². The van der Waals surface area contributed by atoms with Crippen LogP contribution < -0.4 is 10.6 Å². The summed E-state index contributed by atoms with van der Waals surface area (Å²) in [4.78, 5) is 26.8. The number of hydrogen-bond donors (Lipinski definition) is 3. The predicted molar refractivity (Wildman–Crippen MR) is 70.5 cm³/mol. The van der Waals surface area contributed by atoms with Crippen LogP contribution in [0.25, 0.3) is 0 Å². The molecule has 104 valence electrons. The molecule has 6 heteroatoms. The van der Waals surface area contributed by atoms with Crippen LogP contribution in [0.4, 0.5) is 4.79 Å². The highest BCUT2D eigenvalue weighted by atomic mass is 16.4. The highest BCUT2D eigenvalue weighted by Crippen LogP contribution is 2.08. The van der Waals surface area contributed by atoms with Gasteiger partial charge in [-0.05, 0) is 18.1 Å². The minimum Gasteiger partial charge on any atom is -0.465 e. The lowest BCUT2D eigenvalue weighted by Gasteiger charge is -2.21. The fraction of sp³-hybridized carbons (Fsp3) is 0.462. The highest BCUT2D eigenvalue weighted by molar-refractivity contribution is 5.85. The lowest BCUT2D eigenvalue weighted by molar-refractivity contribution is -0.124. The largest absolute Gasteiger partial charge is 0.465 e. The number of carbonyl (C=O) groups excluding carboxylic acids is 1. The standard InChI is InChI=1S/C13H19N3O3/c1-3-9(2)11(16-13(18)19)12(17)15-8-10-6-4-5-7-14-10/h4-7,9,11,16H,3,8H2,1-2H3,(H,15,17)(H,18,19)/t9-,11+/m0/s1. The van der Waals surface area contributed by atoms with E-state index in [9.17, 15) is 9.59 Å². The second kappa shape index (κ2) is 7.35. The summed E-state index contributed by atoms with van der Waals surface area (Å²) in [6, 6.07) is 4.67. The summed E-state index contributed by atoms with van der Waals surface area (Å²) in [5.74, 6) is -0.401. The van der Waals surface area contributed by atoms with Crippen molar-refractivity contribution in [2.24, 2.45) is 5.92 Å².